The van der Waals surface area contributed by atoms with Crippen molar-refractivity contribution in [1.29, 1.82) is 0 Å². The van der Waals surface area contributed by atoms with Gasteiger partial charge in [0.2, 0.25) is 5.09 Å². The van der Waals surface area contributed by atoms with Crippen molar-refractivity contribution in [2.45, 2.75) is 11.6 Å². The summed E-state index contributed by atoms with van der Waals surface area (Å²) in [4.78, 5) is 0. The number of rotatable bonds is 4. The molecule has 1 heterocycles. The van der Waals surface area contributed by atoms with Gasteiger partial charge in [-0.25, -0.2) is 4.39 Å². The molecule has 1 aromatic carbocycles. The van der Waals surface area contributed by atoms with Crippen LogP contribution in [0.4, 0.5) is 10.1 Å². The molecule has 0 aliphatic rings. The molecule has 0 saturated carbocycles. The van der Waals surface area contributed by atoms with E-state index >= 15 is 0 Å². The highest BCUT2D eigenvalue weighted by atomic mass is 127. The number of nitrogens with one attached hydrogen (secondary N) is 1. The van der Waals surface area contributed by atoms with Crippen LogP contribution in [-0.2, 0) is 16.6 Å². The normalized spacial score (nSPS) is 11.5. The SMILES string of the molecule is NCc1ccc(S(=O)(=O)Nc2ccc(F)cc2I)o1. The van der Waals surface area contributed by atoms with Crippen molar-refractivity contribution in [3.8, 4) is 0 Å². The zero-order chi connectivity index (χ0) is 14.0. The Balaban J connectivity index is 2.30. The monoisotopic (exact) mass is 396 g/mol. The second-order valence-corrected chi connectivity index (χ2v) is 6.43. The maximum atomic E-state index is 12.9. The summed E-state index contributed by atoms with van der Waals surface area (Å²) >= 11 is 1.84. The number of halogens is 2. The molecule has 0 unspecified atom stereocenters. The molecule has 19 heavy (non-hydrogen) atoms. The number of hydrogen-bond acceptors (Lipinski definition) is 4. The molecule has 102 valence electrons. The number of hydrogen-bond donors (Lipinski definition) is 2. The van der Waals surface area contributed by atoms with Gasteiger partial charge in [-0.05, 0) is 52.9 Å². The molecule has 0 atom stereocenters. The van der Waals surface area contributed by atoms with Crippen LogP contribution < -0.4 is 10.5 Å². The van der Waals surface area contributed by atoms with Crippen LogP contribution in [0.25, 0.3) is 0 Å². The molecule has 2 rings (SSSR count). The van der Waals surface area contributed by atoms with E-state index in [-0.39, 0.29) is 17.3 Å². The molecule has 0 fully saturated rings. The van der Waals surface area contributed by atoms with E-state index in [4.69, 9.17) is 10.2 Å². The van der Waals surface area contributed by atoms with Crippen molar-refractivity contribution in [3.05, 3.63) is 45.5 Å². The lowest BCUT2D eigenvalue weighted by molar-refractivity contribution is 0.417. The smallest absolute Gasteiger partial charge is 0.295 e. The topological polar surface area (TPSA) is 85.3 Å². The zero-order valence-corrected chi connectivity index (χ0v) is 12.5. The third-order valence-corrected chi connectivity index (χ3v) is 4.41. The van der Waals surface area contributed by atoms with Gasteiger partial charge >= 0.3 is 0 Å². The minimum atomic E-state index is -3.84. The molecule has 1 aromatic heterocycles. The van der Waals surface area contributed by atoms with E-state index in [9.17, 15) is 12.8 Å². The fourth-order valence-electron chi connectivity index (χ4n) is 1.38. The summed E-state index contributed by atoms with van der Waals surface area (Å²) < 4.78 is 44.9. The van der Waals surface area contributed by atoms with Gasteiger partial charge in [0.1, 0.15) is 11.6 Å². The van der Waals surface area contributed by atoms with Crippen LogP contribution in [0, 0.1) is 9.39 Å². The first-order valence-corrected chi connectivity index (χ1v) is 7.75. The van der Waals surface area contributed by atoms with Gasteiger partial charge in [-0.15, -0.1) is 0 Å². The van der Waals surface area contributed by atoms with Crippen molar-refractivity contribution in [2.75, 3.05) is 4.72 Å². The van der Waals surface area contributed by atoms with Gasteiger partial charge in [0, 0.05) is 3.57 Å². The Morgan fingerprint density at radius 3 is 2.63 bits per heavy atom. The van der Waals surface area contributed by atoms with Gasteiger partial charge in [0.25, 0.3) is 10.0 Å². The first-order chi connectivity index (χ1) is 8.92. The Hall–Kier alpha value is -1.13. The summed E-state index contributed by atoms with van der Waals surface area (Å²) in [5.41, 5.74) is 5.63. The summed E-state index contributed by atoms with van der Waals surface area (Å²) in [6, 6.07) is 6.56. The van der Waals surface area contributed by atoms with Crippen LogP contribution in [-0.4, -0.2) is 8.42 Å². The van der Waals surface area contributed by atoms with Crippen molar-refractivity contribution in [2.24, 2.45) is 5.73 Å². The largest absolute Gasteiger partial charge is 0.446 e. The Morgan fingerprint density at radius 1 is 1.32 bits per heavy atom. The van der Waals surface area contributed by atoms with Crippen LogP contribution in [0.15, 0.2) is 39.8 Å². The molecule has 2 aromatic rings. The predicted molar refractivity (Wildman–Crippen MR) is 76.5 cm³/mol. The van der Waals surface area contributed by atoms with Crippen LogP contribution in [0.5, 0.6) is 0 Å². The Bertz CT molecular complexity index is 700. The maximum absolute atomic E-state index is 12.9. The van der Waals surface area contributed by atoms with E-state index in [1.165, 1.54) is 30.3 Å². The van der Waals surface area contributed by atoms with Crippen LogP contribution in [0.2, 0.25) is 0 Å². The molecule has 0 bridgehead atoms. The Kier molecular flexibility index (Phi) is 4.11. The summed E-state index contributed by atoms with van der Waals surface area (Å²) in [5.74, 6) is -0.0649. The Morgan fingerprint density at radius 2 is 2.05 bits per heavy atom. The van der Waals surface area contributed by atoms with E-state index in [0.29, 0.717) is 9.33 Å². The molecule has 0 spiro atoms. The second kappa shape index (κ2) is 5.47. The quantitative estimate of drug-likeness (QED) is 0.777. The lowest BCUT2D eigenvalue weighted by Crippen LogP contribution is -2.13. The third kappa shape index (κ3) is 3.25. The summed E-state index contributed by atoms with van der Waals surface area (Å²) in [6.07, 6.45) is 0. The van der Waals surface area contributed by atoms with Gasteiger partial charge in [-0.1, -0.05) is 0 Å². The van der Waals surface area contributed by atoms with Gasteiger partial charge in [0.05, 0.1) is 12.2 Å². The van der Waals surface area contributed by atoms with Gasteiger partial charge < -0.3 is 10.2 Å². The van der Waals surface area contributed by atoms with E-state index in [2.05, 4.69) is 4.72 Å². The first-order valence-electron chi connectivity index (χ1n) is 5.19. The number of nitrogens with two attached hydrogens (primary N) is 1. The van der Waals surface area contributed by atoms with Crippen molar-refractivity contribution in [1.82, 2.24) is 0 Å². The Labute approximate surface area is 123 Å². The molecule has 0 aliphatic heterocycles. The van der Waals surface area contributed by atoms with Crippen molar-refractivity contribution >= 4 is 38.3 Å². The molecule has 0 saturated heterocycles. The minimum absolute atomic E-state index is 0.115. The number of sulfonamides is 1. The lowest BCUT2D eigenvalue weighted by atomic mass is 10.3. The number of benzene rings is 1. The average Bonchev–Trinajstić information content (AvgIpc) is 2.82. The van der Waals surface area contributed by atoms with Gasteiger partial charge in [-0.3, -0.25) is 4.72 Å². The molecule has 3 N–H and O–H groups in total. The van der Waals surface area contributed by atoms with Crippen LogP contribution in [0.3, 0.4) is 0 Å². The highest BCUT2D eigenvalue weighted by molar-refractivity contribution is 14.1. The summed E-state index contributed by atoms with van der Waals surface area (Å²) in [5, 5.41) is -0.229. The molecule has 0 aliphatic carbocycles. The molecule has 0 radical (unpaired) electrons. The average molecular weight is 396 g/mol. The summed E-state index contributed by atoms with van der Waals surface area (Å²) in [6.45, 7) is 0.115. The van der Waals surface area contributed by atoms with Crippen molar-refractivity contribution < 1.29 is 17.2 Å². The maximum Gasteiger partial charge on any atom is 0.295 e. The molecular formula is C11H10FIN2O3S. The molecule has 5 nitrogen and oxygen atoms in total. The standard InChI is InChI=1S/C11H10FIN2O3S/c12-7-1-3-10(9(13)5-7)15-19(16,17)11-4-2-8(6-14)18-11/h1-5,15H,6,14H2. The first kappa shape index (κ1) is 14.3. The fourth-order valence-corrected chi connectivity index (χ4v) is 3.21. The van der Waals surface area contributed by atoms with E-state index in [1.807, 2.05) is 22.6 Å². The van der Waals surface area contributed by atoms with Crippen LogP contribution in [0.1, 0.15) is 5.76 Å². The molecular weight excluding hydrogens is 386 g/mol. The highest BCUT2D eigenvalue weighted by Crippen LogP contribution is 2.23. The minimum Gasteiger partial charge on any atom is -0.446 e. The molecule has 0 amide bonds. The highest BCUT2D eigenvalue weighted by Gasteiger charge is 2.19. The van der Waals surface area contributed by atoms with E-state index in [1.54, 1.807) is 0 Å². The fraction of sp³-hybridized carbons (Fsp3) is 0.0909. The second-order valence-electron chi connectivity index (χ2n) is 3.65. The predicted octanol–water partition coefficient (Wildman–Crippen LogP) is 2.28. The van der Waals surface area contributed by atoms with E-state index < -0.39 is 15.8 Å². The van der Waals surface area contributed by atoms with Crippen molar-refractivity contribution in [3.63, 3.8) is 0 Å². The van der Waals surface area contributed by atoms with Gasteiger partial charge in [-0.2, -0.15) is 8.42 Å². The molecule has 8 heteroatoms. The zero-order valence-electron chi connectivity index (χ0n) is 9.56. The third-order valence-electron chi connectivity index (χ3n) is 2.28. The summed E-state index contributed by atoms with van der Waals surface area (Å²) in [7, 11) is -3.84. The number of anilines is 1. The van der Waals surface area contributed by atoms with E-state index in [0.717, 1.165) is 0 Å². The lowest BCUT2D eigenvalue weighted by Gasteiger charge is -2.07. The van der Waals surface area contributed by atoms with Crippen LogP contribution >= 0.6 is 22.6 Å². The number of furan rings is 1. The van der Waals surface area contributed by atoms with Gasteiger partial charge in [0.15, 0.2) is 0 Å².